The van der Waals surface area contributed by atoms with E-state index in [0.717, 1.165) is 72.3 Å². The van der Waals surface area contributed by atoms with Gasteiger partial charge >= 0.3 is 0 Å². The zero-order chi connectivity index (χ0) is 82.5. The van der Waals surface area contributed by atoms with E-state index in [2.05, 4.69) is 344 Å². The molecule has 3 aliphatic rings. The Bertz CT molecular complexity index is 6960. The monoisotopic (exact) mass is 1550 g/mol. The molecule has 3 aromatic heterocycles. The smallest absolute Gasteiger partial charge is 0.164 e. The van der Waals surface area contributed by atoms with Crippen molar-refractivity contribution in [2.45, 2.75) is 116 Å². The van der Waals surface area contributed by atoms with Crippen molar-refractivity contribution >= 4 is 32.4 Å². The number of fused-ring (bicyclic) bond motifs is 12. The van der Waals surface area contributed by atoms with E-state index in [4.69, 9.17) is 39.9 Å². The fourth-order valence-corrected chi connectivity index (χ4v) is 18.6. The fourth-order valence-electron chi connectivity index (χ4n) is 18.6. The molecule has 0 unspecified atom stereocenters. The van der Waals surface area contributed by atoms with Gasteiger partial charge in [0, 0.05) is 49.9 Å². The summed E-state index contributed by atoms with van der Waals surface area (Å²) in [7, 11) is 0. The third-order valence-electron chi connectivity index (χ3n) is 27.5. The standard InChI is InChI=1S/C43H35N3.C37H31N3.C32H28N2/c1-42(2)37-24-12-11-19-34(37)36-27-30(25-26-38(36)43(42,3)4)31-20-13-22-33-32(31)21-14-23-35(33)41-45-39(28-15-7-5-8-16-28)44-40(46-41)29-17-9-6-10-18-29;1-36(2)31-17-11-10-16-29(31)30-23-28(20-21-32(30)37(36,3)4)35-39-33(25-13-6-5-7-14-25)38-34(40-35)27-19-18-24-12-8-9-15-26(24)22-27;1-31(2)26-16-10-8-14-23(26)24-19-18-22(20-27(24)32(31,3)4)30-33-28-17-11-9-15-25(28)29(34-30)21-12-6-5-7-13-21/h5-27H,1-4H3;5-23H,1-4H3;5-20H,1-4H3. The van der Waals surface area contributed by atoms with Gasteiger partial charge < -0.3 is 0 Å². The van der Waals surface area contributed by atoms with Gasteiger partial charge in [0.15, 0.2) is 40.8 Å². The van der Waals surface area contributed by atoms with Crippen LogP contribution in [-0.4, -0.2) is 39.9 Å². The van der Waals surface area contributed by atoms with Gasteiger partial charge in [0.25, 0.3) is 0 Å². The average molecular weight is 1550 g/mol. The summed E-state index contributed by atoms with van der Waals surface area (Å²) in [5.41, 5.74) is 28.4. The Hall–Kier alpha value is -13.8. The largest absolute Gasteiger partial charge is 0.228 e. The van der Waals surface area contributed by atoms with E-state index in [1.54, 1.807) is 0 Å². The van der Waals surface area contributed by atoms with Gasteiger partial charge in [-0.15, -0.1) is 0 Å². The van der Waals surface area contributed by atoms with Crippen LogP contribution >= 0.6 is 0 Å². The van der Waals surface area contributed by atoms with Gasteiger partial charge in [0.05, 0.1) is 11.2 Å². The summed E-state index contributed by atoms with van der Waals surface area (Å²) in [5, 5.41) is 5.72. The van der Waals surface area contributed by atoms with Crippen LogP contribution in [0.25, 0.3) is 168 Å². The molecule has 0 saturated heterocycles. The highest BCUT2D eigenvalue weighted by Gasteiger charge is 2.49. The first kappa shape index (κ1) is 76.2. The molecular weight excluding hydrogens is 1460 g/mol. The first-order valence-electron chi connectivity index (χ1n) is 41.8. The first-order chi connectivity index (χ1) is 58.0. The Kier molecular flexibility index (Phi) is 18.8. The van der Waals surface area contributed by atoms with E-state index in [9.17, 15) is 0 Å². The molecule has 0 bridgehead atoms. The normalized spacial score (nSPS) is 14.9. The molecule has 0 atom stereocenters. The number of hydrogen-bond acceptors (Lipinski definition) is 8. The SMILES string of the molecule is CC1(C)c2ccccc2-c2cc(-c3cccc4c(-c5nc(-c6ccccc6)nc(-c6ccccc6)n5)cccc34)ccc2C1(C)C.CC1(C)c2ccccc2-c2cc(-c3nc(-c4ccccc4)nc(-c4ccc5ccccc5c4)n3)ccc2C1(C)C.CC1(C)c2ccccc2-c2ccc(-c3nc(-c4ccccc4)c4ccccc4n3)cc2C1(C)C. The van der Waals surface area contributed by atoms with Crippen LogP contribution in [0, 0.1) is 0 Å². The van der Waals surface area contributed by atoms with Crippen LogP contribution in [0.2, 0.25) is 0 Å². The second kappa shape index (κ2) is 29.7. The van der Waals surface area contributed by atoms with E-state index in [1.165, 1.54) is 94.0 Å². The average Bonchev–Trinajstić information content (AvgIpc) is 0.720. The van der Waals surface area contributed by atoms with Crippen LogP contribution in [-0.2, 0) is 32.5 Å². The van der Waals surface area contributed by atoms with Crippen molar-refractivity contribution in [3.05, 3.63) is 385 Å². The summed E-state index contributed by atoms with van der Waals surface area (Å²) >= 11 is 0. The second-order valence-corrected chi connectivity index (χ2v) is 35.4. The van der Waals surface area contributed by atoms with Crippen molar-refractivity contribution in [3.8, 4) is 135 Å². The fraction of sp³-hybridized carbons (Fsp3) is 0.161. The number of rotatable bonds is 9. The summed E-state index contributed by atoms with van der Waals surface area (Å²) < 4.78 is 0. The first-order valence-corrected chi connectivity index (χ1v) is 41.8. The van der Waals surface area contributed by atoms with Gasteiger partial charge in [-0.2, -0.15) is 0 Å². The summed E-state index contributed by atoms with van der Waals surface area (Å²) in [6, 6.07) is 124. The van der Waals surface area contributed by atoms with Crippen molar-refractivity contribution in [1.82, 2.24) is 39.9 Å². The molecule has 0 saturated carbocycles. The highest BCUT2D eigenvalue weighted by molar-refractivity contribution is 6.05. The molecular formula is C112H94N8. The van der Waals surface area contributed by atoms with Gasteiger partial charge in [-0.25, -0.2) is 39.9 Å². The number of aromatic nitrogens is 8. The Morgan fingerprint density at radius 3 is 0.992 bits per heavy atom. The Balaban J connectivity index is 0.000000120. The topological polar surface area (TPSA) is 103 Å². The maximum atomic E-state index is 5.11. The van der Waals surface area contributed by atoms with Crippen molar-refractivity contribution in [1.29, 1.82) is 0 Å². The van der Waals surface area contributed by atoms with Crippen LogP contribution in [0.5, 0.6) is 0 Å². The molecule has 21 rings (SSSR count). The van der Waals surface area contributed by atoms with Gasteiger partial charge in [-0.1, -0.05) is 405 Å². The van der Waals surface area contributed by atoms with Crippen molar-refractivity contribution in [2.75, 3.05) is 0 Å². The van der Waals surface area contributed by atoms with Gasteiger partial charge in [0.1, 0.15) is 0 Å². The molecule has 0 N–H and O–H groups in total. The van der Waals surface area contributed by atoms with Crippen molar-refractivity contribution in [3.63, 3.8) is 0 Å². The summed E-state index contributed by atoms with van der Waals surface area (Å²) in [6.45, 7) is 28.4. The quantitative estimate of drug-likeness (QED) is 0.141. The molecule has 3 heterocycles. The maximum absolute atomic E-state index is 5.11. The highest BCUT2D eigenvalue weighted by Crippen LogP contribution is 2.58. The third kappa shape index (κ3) is 13.0. The van der Waals surface area contributed by atoms with Crippen LogP contribution in [0.1, 0.15) is 116 Å². The molecule has 0 radical (unpaired) electrons. The van der Waals surface area contributed by atoms with Gasteiger partial charge in [0.2, 0.25) is 0 Å². The number of hydrogen-bond donors (Lipinski definition) is 0. The summed E-state index contributed by atoms with van der Waals surface area (Å²) in [4.78, 5) is 40.1. The zero-order valence-electron chi connectivity index (χ0n) is 70.1. The van der Waals surface area contributed by atoms with Crippen LogP contribution < -0.4 is 0 Å². The lowest BCUT2D eigenvalue weighted by atomic mass is 9.55. The van der Waals surface area contributed by atoms with Crippen molar-refractivity contribution in [2.24, 2.45) is 0 Å². The lowest BCUT2D eigenvalue weighted by Crippen LogP contribution is -2.43. The summed E-state index contributed by atoms with van der Waals surface area (Å²) in [6.07, 6.45) is 0. The highest BCUT2D eigenvalue weighted by atomic mass is 15.0. The molecule has 582 valence electrons. The second-order valence-electron chi connectivity index (χ2n) is 35.4. The molecule has 0 fully saturated rings. The lowest BCUT2D eigenvalue weighted by Gasteiger charge is -2.48. The number of para-hydroxylation sites is 1. The zero-order valence-corrected chi connectivity index (χ0v) is 70.1. The Morgan fingerprint density at radius 2 is 0.475 bits per heavy atom. The Labute approximate surface area is 704 Å². The summed E-state index contributed by atoms with van der Waals surface area (Å²) in [5.74, 6) is 4.79. The van der Waals surface area contributed by atoms with E-state index in [-0.39, 0.29) is 32.5 Å². The predicted molar refractivity (Wildman–Crippen MR) is 498 cm³/mol. The number of benzene rings is 15. The van der Waals surface area contributed by atoms with Crippen LogP contribution in [0.15, 0.2) is 352 Å². The molecule has 0 spiro atoms. The van der Waals surface area contributed by atoms with Crippen molar-refractivity contribution < 1.29 is 0 Å². The van der Waals surface area contributed by atoms with E-state index in [1.807, 2.05) is 91.0 Å². The minimum atomic E-state index is -0.0498. The molecule has 120 heavy (non-hydrogen) atoms. The minimum absolute atomic E-state index is 0.00495. The van der Waals surface area contributed by atoms with Crippen LogP contribution in [0.4, 0.5) is 0 Å². The molecule has 18 aromatic rings. The molecule has 8 heteroatoms. The minimum Gasteiger partial charge on any atom is -0.228 e. The molecule has 8 nitrogen and oxygen atoms in total. The maximum Gasteiger partial charge on any atom is 0.164 e. The van der Waals surface area contributed by atoms with E-state index >= 15 is 0 Å². The molecule has 0 aliphatic heterocycles. The van der Waals surface area contributed by atoms with E-state index < -0.39 is 0 Å². The number of nitrogens with zero attached hydrogens (tertiary/aromatic N) is 8. The van der Waals surface area contributed by atoms with E-state index in [0.29, 0.717) is 34.9 Å². The Morgan fingerprint density at radius 1 is 0.158 bits per heavy atom. The molecule has 0 amide bonds. The lowest BCUT2D eigenvalue weighted by molar-refractivity contribution is 0.299. The van der Waals surface area contributed by atoms with Crippen LogP contribution in [0.3, 0.4) is 0 Å². The van der Waals surface area contributed by atoms with Gasteiger partial charge in [-0.3, -0.25) is 0 Å². The molecule has 3 aliphatic carbocycles. The third-order valence-corrected chi connectivity index (χ3v) is 27.5. The molecule has 15 aromatic carbocycles. The predicted octanol–water partition coefficient (Wildman–Crippen LogP) is 28.4. The van der Waals surface area contributed by atoms with Gasteiger partial charge in [-0.05, 0) is 162 Å².